The number of ether oxygens (including phenoxy) is 1. The maximum absolute atomic E-state index is 11.8. The number of carbonyl (C=O) groups is 1. The lowest BCUT2D eigenvalue weighted by Crippen LogP contribution is -2.37. The number of likely N-dealkylation sites (tertiary alicyclic amines) is 1. The summed E-state index contributed by atoms with van der Waals surface area (Å²) >= 11 is 0. The molecule has 2 saturated heterocycles. The summed E-state index contributed by atoms with van der Waals surface area (Å²) in [5.74, 6) is 1.45. The van der Waals surface area contributed by atoms with Crippen LogP contribution in [0.25, 0.3) is 0 Å². The van der Waals surface area contributed by atoms with E-state index in [1.165, 1.54) is 0 Å². The highest BCUT2D eigenvalue weighted by Crippen LogP contribution is 2.26. The lowest BCUT2D eigenvalue weighted by molar-refractivity contribution is -0.144. The maximum atomic E-state index is 11.8. The number of aryl methyl sites for hydroxylation is 1. The Labute approximate surface area is 125 Å². The highest BCUT2D eigenvalue weighted by molar-refractivity contribution is 5.78. The van der Waals surface area contributed by atoms with Crippen LogP contribution in [0.1, 0.15) is 25.5 Å². The van der Waals surface area contributed by atoms with Gasteiger partial charge in [0.05, 0.1) is 0 Å². The molecule has 1 aromatic rings. The molecule has 0 aromatic carbocycles. The third-order valence-electron chi connectivity index (χ3n) is 4.36. The number of hydrogen-bond acceptors (Lipinski definition) is 5. The van der Waals surface area contributed by atoms with Crippen LogP contribution in [0.4, 0.5) is 5.82 Å². The first-order chi connectivity index (χ1) is 10.1. The first-order valence-electron chi connectivity index (χ1n) is 7.74. The van der Waals surface area contributed by atoms with Gasteiger partial charge in [-0.3, -0.25) is 9.69 Å². The first kappa shape index (κ1) is 14.3. The number of nitrogens with one attached hydrogen (secondary N) is 1. The smallest absolute Gasteiger partial charge is 0.323 e. The molecule has 0 radical (unpaired) electrons. The van der Waals surface area contributed by atoms with Gasteiger partial charge in [-0.25, -0.2) is 4.98 Å². The molecule has 0 aliphatic carbocycles. The molecular weight excluding hydrogens is 266 g/mol. The van der Waals surface area contributed by atoms with Gasteiger partial charge in [0.1, 0.15) is 18.0 Å². The Balaban J connectivity index is 1.50. The Morgan fingerprint density at radius 3 is 3.05 bits per heavy atom. The number of hydrogen-bond donors (Lipinski definition) is 1. The predicted molar refractivity (Wildman–Crippen MR) is 81.1 cm³/mol. The minimum atomic E-state index is -0.0449. The molecule has 1 aromatic heterocycles. The second-order valence-electron chi connectivity index (χ2n) is 6.19. The van der Waals surface area contributed by atoms with Crippen molar-refractivity contribution >= 4 is 11.8 Å². The van der Waals surface area contributed by atoms with Gasteiger partial charge in [0.2, 0.25) is 0 Å². The topological polar surface area (TPSA) is 54.5 Å². The monoisotopic (exact) mass is 289 g/mol. The highest BCUT2D eigenvalue weighted by atomic mass is 16.6. The van der Waals surface area contributed by atoms with Crippen LogP contribution in [-0.2, 0) is 9.53 Å². The molecule has 2 fully saturated rings. The zero-order valence-electron chi connectivity index (χ0n) is 12.7. The standard InChI is InChI=1S/C16H23N3O2/c1-11-4-3-5-15(18-11)17-9-13-6-7-19(10-13)14-8-12(2)21-16(14)20/h3-5,12-14H,6-10H2,1-2H3,(H,17,18)/t12-,13+,14-/m1/s1. The molecule has 0 unspecified atom stereocenters. The van der Waals surface area contributed by atoms with Crippen molar-refractivity contribution in [1.29, 1.82) is 0 Å². The summed E-state index contributed by atoms with van der Waals surface area (Å²) in [6, 6.07) is 5.98. The quantitative estimate of drug-likeness (QED) is 0.857. The Bertz CT molecular complexity index is 520. The van der Waals surface area contributed by atoms with Gasteiger partial charge in [-0.15, -0.1) is 0 Å². The molecule has 0 bridgehead atoms. The highest BCUT2D eigenvalue weighted by Gasteiger charge is 2.39. The summed E-state index contributed by atoms with van der Waals surface area (Å²) in [7, 11) is 0. The van der Waals surface area contributed by atoms with E-state index in [0.717, 1.165) is 44.0 Å². The second-order valence-corrected chi connectivity index (χ2v) is 6.19. The summed E-state index contributed by atoms with van der Waals surface area (Å²) in [6.07, 6.45) is 2.02. The third kappa shape index (κ3) is 3.35. The molecule has 114 valence electrons. The fourth-order valence-electron chi connectivity index (χ4n) is 3.24. The Morgan fingerprint density at radius 2 is 2.33 bits per heavy atom. The van der Waals surface area contributed by atoms with Crippen LogP contribution < -0.4 is 5.32 Å². The predicted octanol–water partition coefficient (Wildman–Crippen LogP) is 1.83. The first-order valence-corrected chi connectivity index (χ1v) is 7.74. The molecule has 2 aliphatic rings. The van der Waals surface area contributed by atoms with Gasteiger partial charge < -0.3 is 10.1 Å². The molecule has 3 atom stereocenters. The van der Waals surface area contributed by atoms with Gasteiger partial charge in [-0.05, 0) is 44.9 Å². The van der Waals surface area contributed by atoms with Crippen molar-refractivity contribution in [1.82, 2.24) is 9.88 Å². The van der Waals surface area contributed by atoms with Crippen molar-refractivity contribution in [3.8, 4) is 0 Å². The number of cyclic esters (lactones) is 1. The van der Waals surface area contributed by atoms with Crippen LogP contribution in [0.3, 0.4) is 0 Å². The Hall–Kier alpha value is -1.62. The number of esters is 1. The summed E-state index contributed by atoms with van der Waals surface area (Å²) < 4.78 is 5.26. The molecular formula is C16H23N3O2. The number of rotatable bonds is 4. The lowest BCUT2D eigenvalue weighted by Gasteiger charge is -2.20. The Morgan fingerprint density at radius 1 is 1.48 bits per heavy atom. The van der Waals surface area contributed by atoms with E-state index < -0.39 is 0 Å². The van der Waals surface area contributed by atoms with Gasteiger partial charge in [0.15, 0.2) is 0 Å². The minimum Gasteiger partial charge on any atom is -0.461 e. The fourth-order valence-corrected chi connectivity index (χ4v) is 3.24. The van der Waals surface area contributed by atoms with Crippen LogP contribution in [0.15, 0.2) is 18.2 Å². The van der Waals surface area contributed by atoms with E-state index in [-0.39, 0.29) is 18.1 Å². The summed E-state index contributed by atoms with van der Waals surface area (Å²) in [5.41, 5.74) is 1.02. The molecule has 3 rings (SSSR count). The number of pyridine rings is 1. The number of carbonyl (C=O) groups excluding carboxylic acids is 1. The van der Waals surface area contributed by atoms with Crippen molar-refractivity contribution in [3.05, 3.63) is 23.9 Å². The van der Waals surface area contributed by atoms with Crippen molar-refractivity contribution in [2.45, 2.75) is 38.8 Å². The Kier molecular flexibility index (Phi) is 4.10. The number of nitrogens with zero attached hydrogens (tertiary/aromatic N) is 2. The van der Waals surface area contributed by atoms with Crippen molar-refractivity contribution < 1.29 is 9.53 Å². The van der Waals surface area contributed by atoms with Gasteiger partial charge in [0, 0.05) is 25.2 Å². The SMILES string of the molecule is Cc1cccc(NC[C@@H]2CCN([C@@H]3C[C@@H](C)OC3=O)C2)n1. The van der Waals surface area contributed by atoms with Crippen molar-refractivity contribution in [3.63, 3.8) is 0 Å². The van der Waals surface area contributed by atoms with E-state index in [1.54, 1.807) is 0 Å². The molecule has 1 N–H and O–H groups in total. The van der Waals surface area contributed by atoms with Crippen LogP contribution in [0, 0.1) is 12.8 Å². The molecule has 3 heterocycles. The summed E-state index contributed by atoms with van der Waals surface area (Å²) in [5, 5.41) is 3.40. The van der Waals surface area contributed by atoms with Crippen LogP contribution in [-0.4, -0.2) is 47.6 Å². The zero-order chi connectivity index (χ0) is 14.8. The largest absolute Gasteiger partial charge is 0.461 e. The normalized spacial score (nSPS) is 29.6. The molecule has 0 amide bonds. The van der Waals surface area contributed by atoms with Crippen LogP contribution >= 0.6 is 0 Å². The fraction of sp³-hybridized carbons (Fsp3) is 0.625. The average molecular weight is 289 g/mol. The van der Waals surface area contributed by atoms with Crippen molar-refractivity contribution in [2.24, 2.45) is 5.92 Å². The van der Waals surface area contributed by atoms with E-state index in [2.05, 4.69) is 15.2 Å². The number of aromatic nitrogens is 1. The van der Waals surface area contributed by atoms with Crippen molar-refractivity contribution in [2.75, 3.05) is 25.0 Å². The van der Waals surface area contributed by atoms with E-state index in [9.17, 15) is 4.79 Å². The van der Waals surface area contributed by atoms with E-state index in [4.69, 9.17) is 4.74 Å². The van der Waals surface area contributed by atoms with Crippen LogP contribution in [0.2, 0.25) is 0 Å². The molecule has 21 heavy (non-hydrogen) atoms. The van der Waals surface area contributed by atoms with E-state index in [1.807, 2.05) is 32.0 Å². The molecule has 0 saturated carbocycles. The number of anilines is 1. The maximum Gasteiger partial charge on any atom is 0.323 e. The summed E-state index contributed by atoms with van der Waals surface area (Å²) in [6.45, 7) is 6.82. The molecule has 5 heteroatoms. The minimum absolute atomic E-state index is 0.0258. The van der Waals surface area contributed by atoms with Crippen LogP contribution in [0.5, 0.6) is 0 Å². The van der Waals surface area contributed by atoms with Gasteiger partial charge in [-0.2, -0.15) is 0 Å². The average Bonchev–Trinajstić information content (AvgIpc) is 3.03. The second kappa shape index (κ2) is 6.02. The third-order valence-corrected chi connectivity index (χ3v) is 4.36. The molecule has 2 aliphatic heterocycles. The van der Waals surface area contributed by atoms with Gasteiger partial charge in [0.25, 0.3) is 0 Å². The summed E-state index contributed by atoms with van der Waals surface area (Å²) in [4.78, 5) is 18.5. The zero-order valence-corrected chi connectivity index (χ0v) is 12.7. The molecule has 5 nitrogen and oxygen atoms in total. The lowest BCUT2D eigenvalue weighted by atomic mass is 10.1. The van der Waals surface area contributed by atoms with E-state index >= 15 is 0 Å². The molecule has 0 spiro atoms. The van der Waals surface area contributed by atoms with E-state index in [0.29, 0.717) is 5.92 Å². The van der Waals surface area contributed by atoms with Gasteiger partial charge in [-0.1, -0.05) is 6.07 Å². The van der Waals surface area contributed by atoms with Gasteiger partial charge >= 0.3 is 5.97 Å².